The van der Waals surface area contributed by atoms with Gasteiger partial charge < -0.3 is 15.3 Å². The first-order valence-electron chi connectivity index (χ1n) is 7.24. The number of rotatable bonds is 3. The molecule has 4 rings (SSSR count). The van der Waals surface area contributed by atoms with Gasteiger partial charge in [0, 0.05) is 11.9 Å². The van der Waals surface area contributed by atoms with Crippen LogP contribution in [0.3, 0.4) is 0 Å². The Balaban J connectivity index is 1.73. The average molecular weight is 338 g/mol. The Morgan fingerprint density at radius 1 is 1.08 bits per heavy atom. The zero-order chi connectivity index (χ0) is 16.5. The van der Waals surface area contributed by atoms with E-state index in [1.165, 1.54) is 0 Å². The standard InChI is InChI=1S/C17H12ClN5O/c18-14-7-11-5-6-20-17(24)15(11)16(23-14)22-12-3-1-10(2-4-12)13-8-19-9-21-13/h1-9H,(H,19,21)(H,20,24)(H,22,23). The van der Waals surface area contributed by atoms with Crippen molar-refractivity contribution in [2.75, 3.05) is 5.32 Å². The lowest BCUT2D eigenvalue weighted by atomic mass is 10.1. The number of anilines is 2. The van der Waals surface area contributed by atoms with Crippen LogP contribution in [-0.4, -0.2) is 19.9 Å². The van der Waals surface area contributed by atoms with Crippen molar-refractivity contribution < 1.29 is 0 Å². The third-order valence-electron chi connectivity index (χ3n) is 3.68. The molecular formula is C17H12ClN5O. The number of aromatic amines is 2. The number of hydrogen-bond donors (Lipinski definition) is 3. The summed E-state index contributed by atoms with van der Waals surface area (Å²) in [5.41, 5.74) is 2.54. The van der Waals surface area contributed by atoms with Crippen LogP contribution in [0.4, 0.5) is 11.5 Å². The van der Waals surface area contributed by atoms with Crippen molar-refractivity contribution in [3.8, 4) is 11.3 Å². The number of imidazole rings is 1. The molecule has 0 saturated heterocycles. The summed E-state index contributed by atoms with van der Waals surface area (Å²) in [6, 6.07) is 11.2. The molecule has 118 valence electrons. The van der Waals surface area contributed by atoms with Crippen molar-refractivity contribution in [3.05, 3.63) is 70.6 Å². The van der Waals surface area contributed by atoms with Crippen LogP contribution in [-0.2, 0) is 0 Å². The molecule has 0 aliphatic heterocycles. The van der Waals surface area contributed by atoms with E-state index in [-0.39, 0.29) is 5.56 Å². The summed E-state index contributed by atoms with van der Waals surface area (Å²) in [6.45, 7) is 0. The van der Waals surface area contributed by atoms with Crippen molar-refractivity contribution >= 4 is 33.9 Å². The maximum absolute atomic E-state index is 12.1. The third-order valence-corrected chi connectivity index (χ3v) is 3.87. The molecule has 0 amide bonds. The molecule has 0 bridgehead atoms. The molecule has 0 saturated carbocycles. The van der Waals surface area contributed by atoms with E-state index in [1.807, 2.05) is 24.3 Å². The second-order valence-electron chi connectivity index (χ2n) is 5.23. The van der Waals surface area contributed by atoms with E-state index >= 15 is 0 Å². The van der Waals surface area contributed by atoms with Crippen molar-refractivity contribution in [1.29, 1.82) is 0 Å². The third kappa shape index (κ3) is 2.63. The quantitative estimate of drug-likeness (QED) is 0.497. The van der Waals surface area contributed by atoms with E-state index in [0.29, 0.717) is 16.4 Å². The van der Waals surface area contributed by atoms with E-state index < -0.39 is 0 Å². The maximum Gasteiger partial charge on any atom is 0.259 e. The predicted molar refractivity (Wildman–Crippen MR) is 94.7 cm³/mol. The highest BCUT2D eigenvalue weighted by atomic mass is 35.5. The highest BCUT2D eigenvalue weighted by molar-refractivity contribution is 6.30. The van der Waals surface area contributed by atoms with Crippen LogP contribution >= 0.6 is 11.6 Å². The Bertz CT molecular complexity index is 1050. The summed E-state index contributed by atoms with van der Waals surface area (Å²) in [5.74, 6) is 0.425. The van der Waals surface area contributed by atoms with Gasteiger partial charge in [0.25, 0.3) is 5.56 Å². The number of nitrogens with one attached hydrogen (secondary N) is 3. The number of fused-ring (bicyclic) bond motifs is 1. The number of pyridine rings is 2. The predicted octanol–water partition coefficient (Wildman–Crippen LogP) is 3.71. The molecule has 4 aromatic rings. The number of halogens is 1. The zero-order valence-corrected chi connectivity index (χ0v) is 13.1. The van der Waals surface area contributed by atoms with Gasteiger partial charge in [0.05, 0.1) is 23.6 Å². The van der Waals surface area contributed by atoms with Gasteiger partial charge in [-0.15, -0.1) is 0 Å². The monoisotopic (exact) mass is 337 g/mol. The van der Waals surface area contributed by atoms with E-state index in [2.05, 4.69) is 25.3 Å². The lowest BCUT2D eigenvalue weighted by Gasteiger charge is -2.09. The van der Waals surface area contributed by atoms with Gasteiger partial charge in [-0.2, -0.15) is 0 Å². The minimum Gasteiger partial charge on any atom is -0.345 e. The average Bonchev–Trinajstić information content (AvgIpc) is 3.09. The molecule has 0 fully saturated rings. The molecule has 3 N–H and O–H groups in total. The smallest absolute Gasteiger partial charge is 0.259 e. The summed E-state index contributed by atoms with van der Waals surface area (Å²) in [4.78, 5) is 26.1. The molecule has 0 unspecified atom stereocenters. The maximum atomic E-state index is 12.1. The first-order chi connectivity index (χ1) is 11.7. The normalized spacial score (nSPS) is 10.9. The van der Waals surface area contributed by atoms with Gasteiger partial charge in [-0.3, -0.25) is 4.79 Å². The van der Waals surface area contributed by atoms with Gasteiger partial charge in [-0.1, -0.05) is 23.7 Å². The highest BCUT2D eigenvalue weighted by Gasteiger charge is 2.09. The largest absolute Gasteiger partial charge is 0.345 e. The summed E-state index contributed by atoms with van der Waals surface area (Å²) in [5, 5.41) is 4.69. The molecule has 1 aromatic carbocycles. The summed E-state index contributed by atoms with van der Waals surface area (Å²) in [7, 11) is 0. The fourth-order valence-electron chi connectivity index (χ4n) is 2.56. The molecule has 6 nitrogen and oxygen atoms in total. The molecule has 0 aliphatic carbocycles. The Morgan fingerprint density at radius 3 is 2.67 bits per heavy atom. The SMILES string of the molecule is O=c1[nH]ccc2cc(Cl)nc(Nc3ccc(-c4cnc[nH]4)cc3)c12. The number of benzene rings is 1. The molecule has 0 spiro atoms. The minimum absolute atomic E-state index is 0.215. The van der Waals surface area contributed by atoms with Crippen LogP contribution < -0.4 is 10.9 Å². The number of hydrogen-bond acceptors (Lipinski definition) is 4. The summed E-state index contributed by atoms with van der Waals surface area (Å²) in [6.07, 6.45) is 4.98. The first kappa shape index (κ1) is 14.5. The van der Waals surface area contributed by atoms with E-state index in [1.54, 1.807) is 30.9 Å². The Kier molecular flexibility index (Phi) is 3.51. The number of H-pyrrole nitrogens is 2. The van der Waals surface area contributed by atoms with Crippen LogP contribution in [0.25, 0.3) is 22.0 Å². The van der Waals surface area contributed by atoms with Crippen molar-refractivity contribution in [1.82, 2.24) is 19.9 Å². The fourth-order valence-corrected chi connectivity index (χ4v) is 2.76. The van der Waals surface area contributed by atoms with Gasteiger partial charge >= 0.3 is 0 Å². The summed E-state index contributed by atoms with van der Waals surface area (Å²) < 4.78 is 0. The Labute approximate surface area is 141 Å². The molecule has 0 aliphatic rings. The molecule has 7 heteroatoms. The van der Waals surface area contributed by atoms with Gasteiger partial charge in [-0.05, 0) is 35.2 Å². The van der Waals surface area contributed by atoms with E-state index in [9.17, 15) is 4.79 Å². The van der Waals surface area contributed by atoms with Crippen LogP contribution in [0, 0.1) is 0 Å². The summed E-state index contributed by atoms with van der Waals surface area (Å²) >= 11 is 6.06. The van der Waals surface area contributed by atoms with E-state index in [4.69, 9.17) is 11.6 Å². The first-order valence-corrected chi connectivity index (χ1v) is 7.62. The van der Waals surface area contributed by atoms with Crippen molar-refractivity contribution in [2.45, 2.75) is 0 Å². The molecule has 0 atom stereocenters. The van der Waals surface area contributed by atoms with Gasteiger partial charge in [0.2, 0.25) is 0 Å². The van der Waals surface area contributed by atoms with Gasteiger partial charge in [0.15, 0.2) is 0 Å². The van der Waals surface area contributed by atoms with Crippen LogP contribution in [0.2, 0.25) is 5.15 Å². The lowest BCUT2D eigenvalue weighted by molar-refractivity contribution is 1.25. The van der Waals surface area contributed by atoms with Gasteiger partial charge in [-0.25, -0.2) is 9.97 Å². The Hall–Kier alpha value is -3.12. The zero-order valence-electron chi connectivity index (χ0n) is 12.4. The topological polar surface area (TPSA) is 86.5 Å². The van der Waals surface area contributed by atoms with Crippen molar-refractivity contribution in [3.63, 3.8) is 0 Å². The molecule has 24 heavy (non-hydrogen) atoms. The van der Waals surface area contributed by atoms with Crippen molar-refractivity contribution in [2.24, 2.45) is 0 Å². The second-order valence-corrected chi connectivity index (χ2v) is 5.62. The molecular weight excluding hydrogens is 326 g/mol. The van der Waals surface area contributed by atoms with Crippen LogP contribution in [0.1, 0.15) is 0 Å². The van der Waals surface area contributed by atoms with Crippen LogP contribution in [0.15, 0.2) is 59.9 Å². The number of aromatic nitrogens is 4. The highest BCUT2D eigenvalue weighted by Crippen LogP contribution is 2.26. The molecule has 3 heterocycles. The Morgan fingerprint density at radius 2 is 1.92 bits per heavy atom. The lowest BCUT2D eigenvalue weighted by Crippen LogP contribution is -2.08. The fraction of sp³-hybridized carbons (Fsp3) is 0. The second kappa shape index (κ2) is 5.82. The minimum atomic E-state index is -0.215. The number of nitrogens with zero attached hydrogens (tertiary/aromatic N) is 2. The molecule has 3 aromatic heterocycles. The van der Waals surface area contributed by atoms with Crippen LogP contribution in [0.5, 0.6) is 0 Å². The van der Waals surface area contributed by atoms with E-state index in [0.717, 1.165) is 22.3 Å². The van der Waals surface area contributed by atoms with Gasteiger partial charge in [0.1, 0.15) is 11.0 Å². The molecule has 0 radical (unpaired) electrons.